The fourth-order valence-electron chi connectivity index (χ4n) is 5.43. The van der Waals surface area contributed by atoms with E-state index in [1.165, 1.54) is 77.0 Å². The van der Waals surface area contributed by atoms with Crippen molar-refractivity contribution >= 4 is 19.8 Å². The lowest BCUT2D eigenvalue weighted by molar-refractivity contribution is -0.230. The van der Waals surface area contributed by atoms with Gasteiger partial charge in [0.15, 0.2) is 6.10 Å². The smallest absolute Gasteiger partial charge is 0.306 e. The number of aliphatic hydroxyl groups is 2. The van der Waals surface area contributed by atoms with E-state index < -0.39 is 51.8 Å². The molecule has 2 N–H and O–H groups in total. The summed E-state index contributed by atoms with van der Waals surface area (Å²) in [7, 11) is -4.86. The van der Waals surface area contributed by atoms with Crippen molar-refractivity contribution in [2.75, 3.05) is 26.4 Å². The van der Waals surface area contributed by atoms with Crippen LogP contribution in [0.4, 0.5) is 0 Å². The Morgan fingerprint density at radius 1 is 0.608 bits per heavy atom. The van der Waals surface area contributed by atoms with E-state index in [1.54, 1.807) is 0 Å². The zero-order valence-electron chi connectivity index (χ0n) is 32.3. The number of ether oxygens (including phenoxy) is 2. The Hall–Kier alpha value is -1.55. The summed E-state index contributed by atoms with van der Waals surface area (Å²) in [5, 5.41) is 18.2. The highest BCUT2D eigenvalue weighted by Gasteiger charge is 2.21. The molecule has 0 aromatic heterocycles. The number of carbonyl (C=O) groups is 2. The third-order valence-electron chi connectivity index (χ3n) is 8.60. The second kappa shape index (κ2) is 36.8. The predicted octanol–water partition coefficient (Wildman–Crippen LogP) is 9.59. The van der Waals surface area contributed by atoms with E-state index in [4.69, 9.17) is 19.1 Å². The summed E-state index contributed by atoms with van der Waals surface area (Å²) in [5.74, 6) is -0.973. The van der Waals surface area contributed by atoms with Crippen LogP contribution in [0.2, 0.25) is 0 Å². The number of aliphatic hydroxyl groups excluding tert-OH is 2. The fourth-order valence-corrected chi connectivity index (χ4v) is 6.21. The Morgan fingerprint density at radius 2 is 1.04 bits per heavy atom. The number of allylic oxidation sites excluding steroid dienone is 4. The Morgan fingerprint density at radius 3 is 1.57 bits per heavy atom. The predicted molar refractivity (Wildman–Crippen MR) is 203 cm³/mol. The molecule has 0 aliphatic carbocycles. The van der Waals surface area contributed by atoms with Crippen LogP contribution in [0, 0.1) is 0 Å². The molecule has 0 radical (unpaired) electrons. The molecular weight excluding hydrogens is 671 g/mol. The number of unbranched alkanes of at least 4 members (excludes halogenated alkanes) is 20. The van der Waals surface area contributed by atoms with E-state index in [9.17, 15) is 24.2 Å². The Balaban J connectivity index is 4.35. The first-order valence-corrected chi connectivity index (χ1v) is 21.7. The van der Waals surface area contributed by atoms with E-state index in [0.29, 0.717) is 12.8 Å². The van der Waals surface area contributed by atoms with Gasteiger partial charge in [0.1, 0.15) is 12.7 Å². The maximum atomic E-state index is 12.5. The first-order chi connectivity index (χ1) is 24.7. The van der Waals surface area contributed by atoms with E-state index in [0.717, 1.165) is 64.2 Å². The van der Waals surface area contributed by atoms with Gasteiger partial charge in [0.2, 0.25) is 0 Å². The van der Waals surface area contributed by atoms with Gasteiger partial charge in [-0.25, -0.2) is 0 Å². The number of esters is 2. The van der Waals surface area contributed by atoms with Crippen molar-refractivity contribution in [2.45, 2.75) is 193 Å². The molecule has 0 rings (SSSR count). The monoisotopic (exact) mass is 746 g/mol. The van der Waals surface area contributed by atoms with Gasteiger partial charge in [-0.2, -0.15) is 0 Å². The summed E-state index contributed by atoms with van der Waals surface area (Å²) in [6.45, 7) is 2.15. The largest absolute Gasteiger partial charge is 0.756 e. The standard InChI is InChI=1S/C40H75O10P/c1-3-5-7-9-11-13-15-17-18-20-22-24-26-28-30-32-40(44)50-38(36-49-51(45,46)48-34-37(42)33-41)35-47-39(43)31-29-27-25-23-21-19-16-14-12-10-8-6-4-2/h11,13,17-18,37-38,41-42H,3-10,12,14-16,19-36H2,1-2H3,(H,45,46)/p-1/b13-11-,18-17-/t37-,38+/m0/s1. The summed E-state index contributed by atoms with van der Waals surface area (Å²) < 4.78 is 32.2. The maximum Gasteiger partial charge on any atom is 0.306 e. The van der Waals surface area contributed by atoms with Gasteiger partial charge in [-0.1, -0.05) is 147 Å². The molecule has 0 aromatic rings. The van der Waals surface area contributed by atoms with Gasteiger partial charge >= 0.3 is 11.9 Å². The molecule has 11 heteroatoms. The molecule has 0 spiro atoms. The van der Waals surface area contributed by atoms with Crippen molar-refractivity contribution in [3.8, 4) is 0 Å². The van der Waals surface area contributed by atoms with Crippen molar-refractivity contribution in [3.05, 3.63) is 24.3 Å². The van der Waals surface area contributed by atoms with Crippen LogP contribution in [0.1, 0.15) is 181 Å². The van der Waals surface area contributed by atoms with E-state index in [-0.39, 0.29) is 19.4 Å². The number of carbonyl (C=O) groups excluding carboxylic acids is 2. The molecule has 0 heterocycles. The molecule has 300 valence electrons. The summed E-state index contributed by atoms with van der Waals surface area (Å²) in [6, 6.07) is 0. The number of phosphoric acid groups is 1. The molecule has 0 fully saturated rings. The highest BCUT2D eigenvalue weighted by atomic mass is 31.2. The summed E-state index contributed by atoms with van der Waals surface area (Å²) in [4.78, 5) is 37.0. The zero-order valence-corrected chi connectivity index (χ0v) is 33.2. The average Bonchev–Trinajstić information content (AvgIpc) is 3.12. The van der Waals surface area contributed by atoms with Crippen LogP contribution in [0.3, 0.4) is 0 Å². The minimum absolute atomic E-state index is 0.155. The summed E-state index contributed by atoms with van der Waals surface area (Å²) in [6.07, 6.45) is 34.0. The molecule has 0 aromatic carbocycles. The van der Waals surface area contributed by atoms with Crippen molar-refractivity contribution < 1.29 is 47.8 Å². The van der Waals surface area contributed by atoms with Gasteiger partial charge in [0.05, 0.1) is 19.8 Å². The highest BCUT2D eigenvalue weighted by Crippen LogP contribution is 2.38. The second-order valence-corrected chi connectivity index (χ2v) is 15.1. The van der Waals surface area contributed by atoms with Crippen LogP contribution in [0.5, 0.6) is 0 Å². The quantitative estimate of drug-likeness (QED) is 0.0271. The molecule has 0 bridgehead atoms. The molecule has 0 saturated carbocycles. The minimum Gasteiger partial charge on any atom is -0.756 e. The first kappa shape index (κ1) is 49.5. The SMILES string of the molecule is CCCCC/C=C\C/C=C\CCCCCCCC(=O)O[C@H](COC(=O)CCCCCCCCCCCCCCC)COP(=O)([O-])OC[C@@H](O)CO. The van der Waals surface area contributed by atoms with Gasteiger partial charge in [-0.3, -0.25) is 14.2 Å². The molecule has 0 amide bonds. The van der Waals surface area contributed by atoms with Crippen molar-refractivity contribution in [3.63, 3.8) is 0 Å². The fraction of sp³-hybridized carbons (Fsp3) is 0.850. The Kier molecular flexibility index (Phi) is 35.7. The molecule has 0 aliphatic heterocycles. The highest BCUT2D eigenvalue weighted by molar-refractivity contribution is 7.45. The second-order valence-electron chi connectivity index (χ2n) is 13.6. The molecule has 51 heavy (non-hydrogen) atoms. The van der Waals surface area contributed by atoms with Gasteiger partial charge in [-0.15, -0.1) is 0 Å². The molecule has 1 unspecified atom stereocenters. The summed E-state index contributed by atoms with van der Waals surface area (Å²) in [5.41, 5.74) is 0. The molecular formula is C40H74O10P-. The van der Waals surface area contributed by atoms with Gasteiger partial charge < -0.3 is 33.6 Å². The first-order valence-electron chi connectivity index (χ1n) is 20.3. The van der Waals surface area contributed by atoms with E-state index in [2.05, 4.69) is 42.7 Å². The molecule has 0 aliphatic rings. The van der Waals surface area contributed by atoms with Crippen LogP contribution >= 0.6 is 7.82 Å². The Bertz CT molecular complexity index is 910. The Labute approximate surface area is 310 Å². The lowest BCUT2D eigenvalue weighted by Crippen LogP contribution is -2.30. The van der Waals surface area contributed by atoms with Crippen LogP contribution in [0.15, 0.2) is 24.3 Å². The van der Waals surface area contributed by atoms with Gasteiger partial charge in [0.25, 0.3) is 7.82 Å². The van der Waals surface area contributed by atoms with E-state index in [1.807, 2.05) is 0 Å². The van der Waals surface area contributed by atoms with Crippen LogP contribution < -0.4 is 4.89 Å². The van der Waals surface area contributed by atoms with Crippen molar-refractivity contribution in [1.29, 1.82) is 0 Å². The van der Waals surface area contributed by atoms with Gasteiger partial charge in [0, 0.05) is 12.8 Å². The van der Waals surface area contributed by atoms with Gasteiger partial charge in [-0.05, 0) is 44.9 Å². The van der Waals surface area contributed by atoms with Crippen LogP contribution in [-0.2, 0) is 32.7 Å². The number of hydrogen-bond donors (Lipinski definition) is 2. The number of rotatable bonds is 38. The van der Waals surface area contributed by atoms with Crippen LogP contribution in [-0.4, -0.2) is 60.8 Å². The topological polar surface area (TPSA) is 152 Å². The third kappa shape index (κ3) is 36.6. The lowest BCUT2D eigenvalue weighted by Gasteiger charge is -2.26. The van der Waals surface area contributed by atoms with Crippen molar-refractivity contribution in [2.24, 2.45) is 0 Å². The zero-order chi connectivity index (χ0) is 37.7. The lowest BCUT2D eigenvalue weighted by atomic mass is 10.0. The number of hydrogen-bond acceptors (Lipinski definition) is 10. The van der Waals surface area contributed by atoms with Crippen LogP contribution in [0.25, 0.3) is 0 Å². The third-order valence-corrected chi connectivity index (χ3v) is 9.53. The molecule has 10 nitrogen and oxygen atoms in total. The average molecular weight is 746 g/mol. The number of phosphoric ester groups is 1. The minimum atomic E-state index is -4.86. The molecule has 0 saturated heterocycles. The summed E-state index contributed by atoms with van der Waals surface area (Å²) >= 11 is 0. The van der Waals surface area contributed by atoms with E-state index >= 15 is 0 Å². The van der Waals surface area contributed by atoms with Crippen molar-refractivity contribution in [1.82, 2.24) is 0 Å². The maximum absolute atomic E-state index is 12.5. The molecule has 3 atom stereocenters. The normalized spacial score (nSPS) is 14.2.